The molecule has 1 rings (SSSR count). The summed E-state index contributed by atoms with van der Waals surface area (Å²) in [5, 5.41) is 12.8. The molecule has 0 aliphatic heterocycles. The number of nitrogens with one attached hydrogen (secondary N) is 1. The van der Waals surface area contributed by atoms with Crippen LogP contribution in [0, 0.1) is 5.92 Å². The van der Waals surface area contributed by atoms with Crippen molar-refractivity contribution in [1.82, 2.24) is 5.32 Å². The molecule has 0 aromatic heterocycles. The maximum atomic E-state index is 11.9. The summed E-state index contributed by atoms with van der Waals surface area (Å²) in [5.41, 5.74) is 1.55. The number of aliphatic hydroxyl groups excluding tert-OH is 1. The van der Waals surface area contributed by atoms with Gasteiger partial charge in [0.25, 0.3) is 0 Å². The Morgan fingerprint density at radius 2 is 1.95 bits per heavy atom. The summed E-state index contributed by atoms with van der Waals surface area (Å²) in [5.74, 6) is 0.346. The predicted molar refractivity (Wildman–Crippen MR) is 83.8 cm³/mol. The Bertz CT molecular complexity index is 456. The van der Waals surface area contributed by atoms with E-state index >= 15 is 0 Å². The third-order valence-corrected chi connectivity index (χ3v) is 3.13. The van der Waals surface area contributed by atoms with Gasteiger partial charge in [0.05, 0.1) is 12.1 Å². The Morgan fingerprint density at radius 3 is 2.48 bits per heavy atom. The highest BCUT2D eigenvalue weighted by atomic mass is 16.5. The van der Waals surface area contributed by atoms with Gasteiger partial charge in [0, 0.05) is 0 Å². The molecule has 0 unspecified atom stereocenters. The lowest BCUT2D eigenvalue weighted by atomic mass is 9.96. The van der Waals surface area contributed by atoms with Gasteiger partial charge in [-0.05, 0) is 24.8 Å². The van der Waals surface area contributed by atoms with Crippen molar-refractivity contribution in [3.63, 3.8) is 0 Å². The van der Waals surface area contributed by atoms with Crippen molar-refractivity contribution in [2.45, 2.75) is 45.9 Å². The van der Waals surface area contributed by atoms with Crippen molar-refractivity contribution >= 4 is 6.09 Å². The molecule has 2 atom stereocenters. The first kappa shape index (κ1) is 17.2. The number of ether oxygens (including phenoxy) is 1. The molecule has 0 heterocycles. The van der Waals surface area contributed by atoms with Crippen LogP contribution in [0.2, 0.25) is 0 Å². The normalized spacial score (nSPS) is 13.6. The third-order valence-electron chi connectivity index (χ3n) is 3.13. The molecule has 0 saturated carbocycles. The molecule has 2 N–H and O–H groups in total. The van der Waals surface area contributed by atoms with Crippen LogP contribution >= 0.6 is 0 Å². The zero-order valence-corrected chi connectivity index (χ0v) is 13.0. The van der Waals surface area contributed by atoms with Gasteiger partial charge in [0.15, 0.2) is 0 Å². The Labute approximate surface area is 126 Å². The van der Waals surface area contributed by atoms with E-state index < -0.39 is 12.2 Å². The van der Waals surface area contributed by atoms with Gasteiger partial charge in [-0.25, -0.2) is 4.79 Å². The fourth-order valence-corrected chi connectivity index (χ4v) is 2.03. The van der Waals surface area contributed by atoms with Crippen LogP contribution in [-0.4, -0.2) is 23.3 Å². The van der Waals surface area contributed by atoms with E-state index in [1.807, 2.05) is 44.2 Å². The van der Waals surface area contributed by atoms with Gasteiger partial charge in [0.2, 0.25) is 0 Å². The lowest BCUT2D eigenvalue weighted by molar-refractivity contribution is 0.110. The highest BCUT2D eigenvalue weighted by Crippen LogP contribution is 2.13. The zero-order chi connectivity index (χ0) is 15.8. The summed E-state index contributed by atoms with van der Waals surface area (Å²) in [4.78, 5) is 11.9. The highest BCUT2D eigenvalue weighted by molar-refractivity contribution is 5.67. The number of carbonyl (C=O) groups is 1. The summed E-state index contributed by atoms with van der Waals surface area (Å²) in [6, 6.07) is 9.09. The van der Waals surface area contributed by atoms with Crippen LogP contribution in [0.5, 0.6) is 0 Å². The van der Waals surface area contributed by atoms with E-state index in [1.54, 1.807) is 6.92 Å². The van der Waals surface area contributed by atoms with Crippen LogP contribution in [0.1, 0.15) is 32.8 Å². The van der Waals surface area contributed by atoms with E-state index in [2.05, 4.69) is 11.9 Å². The van der Waals surface area contributed by atoms with Crippen LogP contribution in [0.3, 0.4) is 0 Å². The van der Waals surface area contributed by atoms with Crippen molar-refractivity contribution in [2.75, 3.05) is 0 Å². The molecule has 1 aromatic rings. The van der Waals surface area contributed by atoms with Crippen LogP contribution in [0.4, 0.5) is 4.79 Å². The smallest absolute Gasteiger partial charge is 0.407 e. The quantitative estimate of drug-likeness (QED) is 0.758. The van der Waals surface area contributed by atoms with Gasteiger partial charge in [-0.1, -0.05) is 56.3 Å². The lowest BCUT2D eigenvalue weighted by Crippen LogP contribution is -2.44. The van der Waals surface area contributed by atoms with Crippen molar-refractivity contribution in [1.29, 1.82) is 0 Å². The number of hydrogen-bond donors (Lipinski definition) is 2. The second-order valence-corrected chi connectivity index (χ2v) is 5.73. The molecule has 1 amide bonds. The molecule has 0 fully saturated rings. The Morgan fingerprint density at radius 1 is 1.33 bits per heavy atom. The number of carbonyl (C=O) groups excluding carboxylic acids is 1. The molecule has 0 spiro atoms. The molecule has 21 heavy (non-hydrogen) atoms. The average molecular weight is 291 g/mol. The van der Waals surface area contributed by atoms with Gasteiger partial charge >= 0.3 is 6.09 Å². The monoisotopic (exact) mass is 291 g/mol. The number of aliphatic hydroxyl groups is 1. The van der Waals surface area contributed by atoms with Gasteiger partial charge < -0.3 is 15.2 Å². The van der Waals surface area contributed by atoms with Crippen molar-refractivity contribution in [3.8, 4) is 0 Å². The number of hydrogen-bond acceptors (Lipinski definition) is 3. The largest absolute Gasteiger partial charge is 0.445 e. The highest BCUT2D eigenvalue weighted by Gasteiger charge is 2.23. The Kier molecular flexibility index (Phi) is 6.96. The van der Waals surface area contributed by atoms with Gasteiger partial charge in [-0.2, -0.15) is 0 Å². The minimum Gasteiger partial charge on any atom is -0.445 e. The van der Waals surface area contributed by atoms with E-state index in [4.69, 9.17) is 4.74 Å². The molecule has 0 aliphatic rings. The van der Waals surface area contributed by atoms with Crippen LogP contribution in [0.25, 0.3) is 0 Å². The zero-order valence-electron chi connectivity index (χ0n) is 13.0. The summed E-state index contributed by atoms with van der Waals surface area (Å²) >= 11 is 0. The molecule has 1 aromatic carbocycles. The SMILES string of the molecule is C=C(C)[C@@H](O)[C@H](CC(C)C)NC(=O)OCc1ccccc1. The maximum absolute atomic E-state index is 11.9. The topological polar surface area (TPSA) is 58.6 Å². The number of rotatable bonds is 7. The molecule has 0 saturated heterocycles. The Balaban J connectivity index is 2.53. The molecule has 116 valence electrons. The molecular weight excluding hydrogens is 266 g/mol. The minimum absolute atomic E-state index is 0.213. The maximum Gasteiger partial charge on any atom is 0.407 e. The summed E-state index contributed by atoms with van der Waals surface area (Å²) < 4.78 is 5.18. The van der Waals surface area contributed by atoms with E-state index in [9.17, 15) is 9.90 Å². The van der Waals surface area contributed by atoms with Gasteiger partial charge in [-0.15, -0.1) is 0 Å². The Hall–Kier alpha value is -1.81. The summed E-state index contributed by atoms with van der Waals surface area (Å²) in [6.45, 7) is 9.77. The van der Waals surface area contributed by atoms with Crippen LogP contribution in [0.15, 0.2) is 42.5 Å². The molecular formula is C17H25NO3. The van der Waals surface area contributed by atoms with E-state index in [0.29, 0.717) is 17.9 Å². The predicted octanol–water partition coefficient (Wildman–Crippen LogP) is 3.26. The first-order valence-electron chi connectivity index (χ1n) is 7.20. The average Bonchev–Trinajstić information content (AvgIpc) is 2.44. The van der Waals surface area contributed by atoms with Crippen LogP contribution < -0.4 is 5.32 Å². The minimum atomic E-state index is -0.767. The fourth-order valence-electron chi connectivity index (χ4n) is 2.03. The van der Waals surface area contributed by atoms with Crippen molar-refractivity contribution < 1.29 is 14.6 Å². The lowest BCUT2D eigenvalue weighted by Gasteiger charge is -2.25. The van der Waals surface area contributed by atoms with Crippen LogP contribution in [-0.2, 0) is 11.3 Å². The molecule has 0 aliphatic carbocycles. The fraction of sp³-hybridized carbons (Fsp3) is 0.471. The number of amides is 1. The van der Waals surface area contributed by atoms with Crippen molar-refractivity contribution in [2.24, 2.45) is 5.92 Å². The summed E-state index contributed by atoms with van der Waals surface area (Å²) in [7, 11) is 0. The van der Waals surface area contributed by atoms with E-state index in [0.717, 1.165) is 5.56 Å². The second kappa shape index (κ2) is 8.47. The van der Waals surface area contributed by atoms with Crippen molar-refractivity contribution in [3.05, 3.63) is 48.0 Å². The molecule has 0 radical (unpaired) electrons. The first-order chi connectivity index (χ1) is 9.90. The standard InChI is InChI=1S/C17H25NO3/c1-12(2)10-15(16(19)13(3)4)18-17(20)21-11-14-8-6-5-7-9-14/h5-9,12,15-16,19H,3,10-11H2,1-2,4H3,(H,18,20)/t15-,16+/m0/s1. The molecule has 4 heteroatoms. The number of benzene rings is 1. The first-order valence-corrected chi connectivity index (χ1v) is 7.20. The summed E-state index contributed by atoms with van der Waals surface area (Å²) in [6.07, 6.45) is -0.629. The van der Waals surface area contributed by atoms with Gasteiger partial charge in [-0.3, -0.25) is 0 Å². The van der Waals surface area contributed by atoms with Gasteiger partial charge in [0.1, 0.15) is 6.61 Å². The molecule has 0 bridgehead atoms. The second-order valence-electron chi connectivity index (χ2n) is 5.73. The third kappa shape index (κ3) is 6.45. The van der Waals surface area contributed by atoms with E-state index in [-0.39, 0.29) is 12.6 Å². The number of alkyl carbamates (subject to hydrolysis) is 1. The van der Waals surface area contributed by atoms with E-state index in [1.165, 1.54) is 0 Å². The molecule has 4 nitrogen and oxygen atoms in total.